The van der Waals surface area contributed by atoms with Gasteiger partial charge in [-0.15, -0.1) is 11.3 Å². The lowest BCUT2D eigenvalue weighted by molar-refractivity contribution is -0.142. The first-order chi connectivity index (χ1) is 18.0. The molecule has 0 unspecified atom stereocenters. The minimum Gasteiger partial charge on any atom is -0.488 e. The van der Waals surface area contributed by atoms with Crippen molar-refractivity contribution in [1.82, 2.24) is 9.88 Å². The first kappa shape index (κ1) is 25.6. The second-order valence-corrected chi connectivity index (χ2v) is 10.5. The molecule has 1 aromatic heterocycles. The molecule has 0 spiro atoms. The van der Waals surface area contributed by atoms with Crippen molar-refractivity contribution in [3.05, 3.63) is 64.3 Å². The van der Waals surface area contributed by atoms with E-state index in [2.05, 4.69) is 34.9 Å². The van der Waals surface area contributed by atoms with Crippen LogP contribution in [0.25, 0.3) is 11.3 Å². The van der Waals surface area contributed by atoms with Gasteiger partial charge >= 0.3 is 5.97 Å². The Bertz CT molecular complexity index is 1240. The molecule has 2 aromatic carbocycles. The van der Waals surface area contributed by atoms with Gasteiger partial charge < -0.3 is 19.5 Å². The van der Waals surface area contributed by atoms with Crippen LogP contribution in [0, 0.1) is 18.7 Å². The number of thiazole rings is 1. The van der Waals surface area contributed by atoms with Gasteiger partial charge in [-0.05, 0) is 54.7 Å². The van der Waals surface area contributed by atoms with Gasteiger partial charge in [-0.1, -0.05) is 18.2 Å². The second kappa shape index (κ2) is 11.6. The fourth-order valence-corrected chi connectivity index (χ4v) is 5.75. The van der Waals surface area contributed by atoms with Gasteiger partial charge in [0, 0.05) is 43.7 Å². The fourth-order valence-electron chi connectivity index (χ4n) is 4.87. The van der Waals surface area contributed by atoms with Crippen molar-refractivity contribution in [2.24, 2.45) is 5.92 Å². The summed E-state index contributed by atoms with van der Waals surface area (Å²) in [6.07, 6.45) is 1.20. The minimum absolute atomic E-state index is 0.296. The smallest absolute Gasteiger partial charge is 0.306 e. The Labute approximate surface area is 220 Å². The summed E-state index contributed by atoms with van der Waals surface area (Å²) in [7, 11) is 0. The molecule has 3 aromatic rings. The van der Waals surface area contributed by atoms with Gasteiger partial charge in [0.25, 0.3) is 0 Å². The van der Waals surface area contributed by atoms with E-state index in [1.807, 2.05) is 5.38 Å². The third-order valence-corrected chi connectivity index (χ3v) is 8.03. The molecule has 0 bridgehead atoms. The van der Waals surface area contributed by atoms with E-state index >= 15 is 0 Å². The zero-order chi connectivity index (χ0) is 25.8. The van der Waals surface area contributed by atoms with E-state index in [0.717, 1.165) is 49.1 Å². The molecule has 2 aliphatic heterocycles. The summed E-state index contributed by atoms with van der Waals surface area (Å²) < 4.78 is 25.8. The number of aliphatic carboxylic acids is 1. The third kappa shape index (κ3) is 6.29. The van der Waals surface area contributed by atoms with Crippen LogP contribution >= 0.6 is 11.3 Å². The highest BCUT2D eigenvalue weighted by Crippen LogP contribution is 2.35. The number of carboxylic acid groups (broad SMARTS) is 1. The molecule has 0 amide bonds. The maximum Gasteiger partial charge on any atom is 0.306 e. The molecule has 0 saturated carbocycles. The molecule has 7 nitrogen and oxygen atoms in total. The number of aromatic nitrogens is 1. The molecule has 2 aliphatic rings. The van der Waals surface area contributed by atoms with Crippen LogP contribution in [0.3, 0.4) is 0 Å². The first-order valence-corrected chi connectivity index (χ1v) is 13.6. The summed E-state index contributed by atoms with van der Waals surface area (Å²) in [4.78, 5) is 20.5. The lowest BCUT2D eigenvalue weighted by atomic mass is 9.97. The number of aryl methyl sites for hydroxylation is 1. The van der Waals surface area contributed by atoms with E-state index in [9.17, 15) is 14.3 Å². The Hall–Kier alpha value is -3.01. The standard InChI is InChI=1S/C28H32FN3O4S/c1-19-14-20(16-31-10-12-35-13-11-31)2-3-22(19)17-36-26-5-4-23(29)15-24(26)25-18-37-28(30-25)32-8-6-21(7-9-32)27(33)34/h2-5,14-15,18,21H,6-13,16-17H2,1H3,(H,33,34). The Morgan fingerprint density at radius 2 is 1.95 bits per heavy atom. The molecule has 0 atom stereocenters. The van der Waals surface area contributed by atoms with Crippen molar-refractivity contribution in [2.45, 2.75) is 32.9 Å². The number of ether oxygens (including phenoxy) is 2. The third-order valence-electron chi connectivity index (χ3n) is 7.12. The summed E-state index contributed by atoms with van der Waals surface area (Å²) in [5.41, 5.74) is 4.79. The number of carboxylic acids is 1. The maximum atomic E-state index is 14.2. The summed E-state index contributed by atoms with van der Waals surface area (Å²) >= 11 is 1.49. The van der Waals surface area contributed by atoms with Gasteiger partial charge in [-0.3, -0.25) is 9.69 Å². The van der Waals surface area contributed by atoms with Gasteiger partial charge in [-0.25, -0.2) is 9.37 Å². The highest BCUT2D eigenvalue weighted by molar-refractivity contribution is 7.14. The van der Waals surface area contributed by atoms with Crippen LogP contribution in [-0.4, -0.2) is 60.4 Å². The predicted octanol–water partition coefficient (Wildman–Crippen LogP) is 4.97. The number of hydrogen-bond donors (Lipinski definition) is 1. The molecular weight excluding hydrogens is 493 g/mol. The Morgan fingerprint density at radius 3 is 2.68 bits per heavy atom. The number of anilines is 1. The van der Waals surface area contributed by atoms with Crippen molar-refractivity contribution >= 4 is 22.4 Å². The van der Waals surface area contributed by atoms with Crippen molar-refractivity contribution in [3.63, 3.8) is 0 Å². The van der Waals surface area contributed by atoms with Gasteiger partial charge in [0.2, 0.25) is 0 Å². The summed E-state index contributed by atoms with van der Waals surface area (Å²) in [5.74, 6) is -0.791. The summed E-state index contributed by atoms with van der Waals surface area (Å²) in [6.45, 7) is 8.16. The number of rotatable bonds is 8. The lowest BCUT2D eigenvalue weighted by Gasteiger charge is -2.29. The van der Waals surface area contributed by atoms with Gasteiger partial charge in [0.15, 0.2) is 5.13 Å². The zero-order valence-corrected chi connectivity index (χ0v) is 21.8. The lowest BCUT2D eigenvalue weighted by Crippen LogP contribution is -2.36. The molecule has 3 heterocycles. The van der Waals surface area contributed by atoms with Crippen LogP contribution in [-0.2, 0) is 22.7 Å². The Balaban J connectivity index is 1.26. The largest absolute Gasteiger partial charge is 0.488 e. The van der Waals surface area contributed by atoms with Gasteiger partial charge in [-0.2, -0.15) is 0 Å². The topological polar surface area (TPSA) is 75.1 Å². The monoisotopic (exact) mass is 525 g/mol. The number of hydrogen-bond acceptors (Lipinski definition) is 7. The van der Waals surface area contributed by atoms with Crippen LogP contribution in [0.2, 0.25) is 0 Å². The van der Waals surface area contributed by atoms with E-state index in [-0.39, 0.29) is 11.7 Å². The average Bonchev–Trinajstić information content (AvgIpc) is 3.40. The SMILES string of the molecule is Cc1cc(CN2CCOCC2)ccc1COc1ccc(F)cc1-c1csc(N2CCC(C(=O)O)CC2)n1. The van der Waals surface area contributed by atoms with Crippen LogP contribution in [0.15, 0.2) is 41.8 Å². The summed E-state index contributed by atoms with van der Waals surface area (Å²) in [5, 5.41) is 12.0. The van der Waals surface area contributed by atoms with Crippen molar-refractivity contribution in [3.8, 4) is 17.0 Å². The molecule has 2 saturated heterocycles. The van der Waals surface area contributed by atoms with Crippen LogP contribution in [0.4, 0.5) is 9.52 Å². The number of piperidine rings is 1. The fraction of sp³-hybridized carbons (Fsp3) is 0.429. The van der Waals surface area contributed by atoms with E-state index in [4.69, 9.17) is 14.5 Å². The maximum absolute atomic E-state index is 14.2. The molecule has 5 rings (SSSR count). The molecule has 9 heteroatoms. The van der Waals surface area contributed by atoms with Crippen molar-refractivity contribution in [2.75, 3.05) is 44.3 Å². The van der Waals surface area contributed by atoms with E-state index < -0.39 is 5.97 Å². The zero-order valence-electron chi connectivity index (χ0n) is 21.0. The van der Waals surface area contributed by atoms with Crippen molar-refractivity contribution < 1.29 is 23.8 Å². The van der Waals surface area contributed by atoms with Crippen LogP contribution in [0.5, 0.6) is 5.75 Å². The van der Waals surface area contributed by atoms with E-state index in [1.54, 1.807) is 6.07 Å². The molecule has 37 heavy (non-hydrogen) atoms. The number of halogens is 1. The molecule has 2 fully saturated rings. The number of nitrogens with zero attached hydrogens (tertiary/aromatic N) is 3. The average molecular weight is 526 g/mol. The first-order valence-electron chi connectivity index (χ1n) is 12.7. The highest BCUT2D eigenvalue weighted by Gasteiger charge is 2.26. The van der Waals surface area contributed by atoms with Crippen molar-refractivity contribution in [1.29, 1.82) is 0 Å². The number of morpholine rings is 1. The van der Waals surface area contributed by atoms with Gasteiger partial charge in [0.05, 0.1) is 24.8 Å². The molecule has 196 valence electrons. The summed E-state index contributed by atoms with van der Waals surface area (Å²) in [6, 6.07) is 11.0. The molecule has 0 aliphatic carbocycles. The minimum atomic E-state index is -0.733. The molecule has 0 radical (unpaired) electrons. The Kier molecular flexibility index (Phi) is 8.02. The Morgan fingerprint density at radius 1 is 1.16 bits per heavy atom. The van der Waals surface area contributed by atoms with Crippen LogP contribution in [0.1, 0.15) is 29.5 Å². The van der Waals surface area contributed by atoms with E-state index in [1.165, 1.54) is 29.0 Å². The van der Waals surface area contributed by atoms with E-state index in [0.29, 0.717) is 49.5 Å². The highest BCUT2D eigenvalue weighted by atomic mass is 32.1. The molecular formula is C28H32FN3O4S. The number of benzene rings is 2. The predicted molar refractivity (Wildman–Crippen MR) is 142 cm³/mol. The normalized spacial score (nSPS) is 17.2. The van der Waals surface area contributed by atoms with Gasteiger partial charge in [0.1, 0.15) is 18.2 Å². The second-order valence-electron chi connectivity index (χ2n) is 9.69. The molecule has 1 N–H and O–H groups in total. The van der Waals surface area contributed by atoms with Crippen LogP contribution < -0.4 is 9.64 Å². The quantitative estimate of drug-likeness (QED) is 0.445. The number of carbonyl (C=O) groups is 1.